The van der Waals surface area contributed by atoms with Crippen LogP contribution in [0.4, 0.5) is 5.82 Å². The Morgan fingerprint density at radius 3 is 2.50 bits per heavy atom. The van der Waals surface area contributed by atoms with Crippen molar-refractivity contribution >= 4 is 16.9 Å². The van der Waals surface area contributed by atoms with Gasteiger partial charge in [-0.1, -0.05) is 0 Å². The Labute approximate surface area is 140 Å². The molecule has 2 aromatic heterocycles. The van der Waals surface area contributed by atoms with Gasteiger partial charge in [-0.2, -0.15) is 0 Å². The van der Waals surface area contributed by atoms with Crippen LogP contribution in [0.15, 0.2) is 42.7 Å². The summed E-state index contributed by atoms with van der Waals surface area (Å²) in [4.78, 5) is 13.3. The molecule has 0 atom stereocenters. The number of aliphatic hydroxyl groups is 1. The fourth-order valence-electron chi connectivity index (χ4n) is 2.28. The molecule has 0 saturated carbocycles. The van der Waals surface area contributed by atoms with E-state index in [4.69, 9.17) is 4.74 Å². The van der Waals surface area contributed by atoms with Crippen LogP contribution in [0.3, 0.4) is 0 Å². The van der Waals surface area contributed by atoms with Crippen LogP contribution in [0.25, 0.3) is 22.3 Å². The summed E-state index contributed by atoms with van der Waals surface area (Å²) < 4.78 is 5.57. The number of anilines is 1. The lowest BCUT2D eigenvalue weighted by Crippen LogP contribution is -2.27. The normalized spacial score (nSPS) is 11.5. The molecular weight excluding hydrogens is 304 g/mol. The molecule has 0 aliphatic carbocycles. The maximum Gasteiger partial charge on any atom is 0.154 e. The van der Waals surface area contributed by atoms with E-state index >= 15 is 0 Å². The Bertz CT molecular complexity index is 842. The van der Waals surface area contributed by atoms with Crippen molar-refractivity contribution in [1.29, 1.82) is 0 Å². The highest BCUT2D eigenvalue weighted by Gasteiger charge is 2.13. The van der Waals surface area contributed by atoms with Gasteiger partial charge in [0, 0.05) is 25.0 Å². The lowest BCUT2D eigenvalue weighted by atomic mass is 10.1. The summed E-state index contributed by atoms with van der Waals surface area (Å²) in [5.74, 6) is 1.40. The van der Waals surface area contributed by atoms with Gasteiger partial charge >= 0.3 is 0 Å². The van der Waals surface area contributed by atoms with Crippen LogP contribution in [0, 0.1) is 0 Å². The Kier molecular flexibility index (Phi) is 4.31. The van der Waals surface area contributed by atoms with Crippen molar-refractivity contribution < 1.29 is 9.84 Å². The first-order chi connectivity index (χ1) is 11.5. The van der Waals surface area contributed by atoms with Gasteiger partial charge in [0.1, 0.15) is 17.9 Å². The van der Waals surface area contributed by atoms with E-state index in [1.165, 1.54) is 0 Å². The quantitative estimate of drug-likeness (QED) is 0.751. The number of benzene rings is 1. The summed E-state index contributed by atoms with van der Waals surface area (Å²) in [5, 5.41) is 12.8. The number of rotatable bonds is 5. The lowest BCUT2D eigenvalue weighted by molar-refractivity contribution is 0.0285. The van der Waals surface area contributed by atoms with Crippen molar-refractivity contribution in [2.24, 2.45) is 0 Å². The molecule has 3 rings (SSSR count). The van der Waals surface area contributed by atoms with E-state index in [1.807, 2.05) is 37.4 Å². The van der Waals surface area contributed by atoms with E-state index in [0.717, 1.165) is 22.3 Å². The van der Waals surface area contributed by atoms with Crippen LogP contribution in [0.5, 0.6) is 5.75 Å². The average molecular weight is 324 g/mol. The number of nitrogens with zero attached hydrogens (tertiary/aromatic N) is 3. The van der Waals surface area contributed by atoms with E-state index in [9.17, 15) is 5.11 Å². The highest BCUT2D eigenvalue weighted by molar-refractivity contribution is 5.88. The summed E-state index contributed by atoms with van der Waals surface area (Å²) in [5.41, 5.74) is 2.43. The topological polar surface area (TPSA) is 80.2 Å². The van der Waals surface area contributed by atoms with Crippen molar-refractivity contribution in [3.8, 4) is 17.0 Å². The summed E-state index contributed by atoms with van der Waals surface area (Å²) in [6, 6.07) is 9.51. The van der Waals surface area contributed by atoms with Gasteiger partial charge in [0.2, 0.25) is 0 Å². The summed E-state index contributed by atoms with van der Waals surface area (Å²) in [7, 11) is 1.81. The number of ether oxygens (including phenoxy) is 1. The molecule has 1 aromatic carbocycles. The minimum Gasteiger partial charge on any atom is -0.491 e. The number of aromatic nitrogens is 3. The van der Waals surface area contributed by atoms with Crippen LogP contribution >= 0.6 is 0 Å². The molecule has 124 valence electrons. The minimum absolute atomic E-state index is 0.236. The minimum atomic E-state index is -0.862. The number of nitrogens with one attached hydrogen (secondary N) is 1. The molecule has 0 amide bonds. The van der Waals surface area contributed by atoms with Gasteiger partial charge in [0.15, 0.2) is 5.82 Å². The Hall–Kier alpha value is -2.73. The average Bonchev–Trinajstić information content (AvgIpc) is 2.59. The Morgan fingerprint density at radius 1 is 1.12 bits per heavy atom. The van der Waals surface area contributed by atoms with Crippen molar-refractivity contribution in [3.05, 3.63) is 42.7 Å². The third-order valence-corrected chi connectivity index (χ3v) is 3.44. The fraction of sp³-hybridized carbons (Fsp3) is 0.278. The largest absolute Gasteiger partial charge is 0.491 e. The number of fused-ring (bicyclic) bond motifs is 1. The molecule has 0 aliphatic heterocycles. The van der Waals surface area contributed by atoms with E-state index < -0.39 is 5.60 Å². The molecule has 0 spiro atoms. The molecule has 6 nitrogen and oxygen atoms in total. The van der Waals surface area contributed by atoms with Gasteiger partial charge < -0.3 is 15.2 Å². The van der Waals surface area contributed by atoms with Gasteiger partial charge in [-0.3, -0.25) is 4.98 Å². The van der Waals surface area contributed by atoms with Crippen LogP contribution in [-0.2, 0) is 0 Å². The SMILES string of the molecule is CNc1nc(-c2ccc(OCC(C)(C)O)cc2)cc2nccnc12. The van der Waals surface area contributed by atoms with Gasteiger partial charge in [0.25, 0.3) is 0 Å². The molecular formula is C18H20N4O2. The van der Waals surface area contributed by atoms with Gasteiger partial charge in [-0.25, -0.2) is 9.97 Å². The van der Waals surface area contributed by atoms with Crippen LogP contribution in [0.2, 0.25) is 0 Å². The molecule has 0 unspecified atom stereocenters. The maximum atomic E-state index is 9.72. The maximum absolute atomic E-state index is 9.72. The number of pyridine rings is 1. The van der Waals surface area contributed by atoms with E-state index in [-0.39, 0.29) is 6.61 Å². The van der Waals surface area contributed by atoms with Crippen LogP contribution < -0.4 is 10.1 Å². The molecule has 0 fully saturated rings. The third kappa shape index (κ3) is 3.60. The Balaban J connectivity index is 1.90. The Morgan fingerprint density at radius 2 is 1.83 bits per heavy atom. The fourth-order valence-corrected chi connectivity index (χ4v) is 2.28. The van der Waals surface area contributed by atoms with E-state index in [2.05, 4.69) is 20.3 Å². The second-order valence-electron chi connectivity index (χ2n) is 6.16. The highest BCUT2D eigenvalue weighted by atomic mass is 16.5. The molecule has 2 N–H and O–H groups in total. The number of hydrogen-bond acceptors (Lipinski definition) is 6. The predicted octanol–water partition coefficient (Wildman–Crippen LogP) is 2.88. The second-order valence-corrected chi connectivity index (χ2v) is 6.16. The highest BCUT2D eigenvalue weighted by Crippen LogP contribution is 2.26. The first-order valence-electron chi connectivity index (χ1n) is 7.71. The van der Waals surface area contributed by atoms with E-state index in [1.54, 1.807) is 26.2 Å². The third-order valence-electron chi connectivity index (χ3n) is 3.44. The molecule has 0 aliphatic rings. The first-order valence-corrected chi connectivity index (χ1v) is 7.71. The zero-order valence-corrected chi connectivity index (χ0v) is 13.9. The zero-order chi connectivity index (χ0) is 17.2. The van der Waals surface area contributed by atoms with E-state index in [0.29, 0.717) is 11.6 Å². The summed E-state index contributed by atoms with van der Waals surface area (Å²) >= 11 is 0. The van der Waals surface area contributed by atoms with Crippen molar-refractivity contribution in [3.63, 3.8) is 0 Å². The van der Waals surface area contributed by atoms with Crippen LogP contribution in [0.1, 0.15) is 13.8 Å². The molecule has 24 heavy (non-hydrogen) atoms. The molecule has 0 saturated heterocycles. The second kappa shape index (κ2) is 6.41. The molecule has 0 radical (unpaired) electrons. The monoisotopic (exact) mass is 324 g/mol. The van der Waals surface area contributed by atoms with Crippen molar-refractivity contribution in [2.45, 2.75) is 19.4 Å². The standard InChI is InChI=1S/C18H20N4O2/c1-18(2,23)11-24-13-6-4-12(5-7-13)14-10-15-16(17(19-3)22-14)21-9-8-20-15/h4-10,23H,11H2,1-3H3,(H,19,22). The van der Waals surface area contributed by atoms with Crippen molar-refractivity contribution in [2.75, 3.05) is 19.0 Å². The molecule has 3 aromatic rings. The molecule has 2 heterocycles. The van der Waals surface area contributed by atoms with Crippen LogP contribution in [-0.4, -0.2) is 39.3 Å². The summed E-state index contributed by atoms with van der Waals surface area (Å²) in [6.45, 7) is 3.65. The van der Waals surface area contributed by atoms with Crippen molar-refractivity contribution in [1.82, 2.24) is 15.0 Å². The smallest absolute Gasteiger partial charge is 0.154 e. The molecule has 6 heteroatoms. The summed E-state index contributed by atoms with van der Waals surface area (Å²) in [6.07, 6.45) is 3.32. The zero-order valence-electron chi connectivity index (χ0n) is 13.9. The van der Waals surface area contributed by atoms with Gasteiger partial charge in [0.05, 0.1) is 16.8 Å². The van der Waals surface area contributed by atoms with Gasteiger partial charge in [-0.15, -0.1) is 0 Å². The first kappa shape index (κ1) is 16.1. The van der Waals surface area contributed by atoms with Gasteiger partial charge in [-0.05, 0) is 44.2 Å². The predicted molar refractivity (Wildman–Crippen MR) is 94.1 cm³/mol. The lowest BCUT2D eigenvalue weighted by Gasteiger charge is -2.17. The number of hydrogen-bond donors (Lipinski definition) is 2. The molecule has 0 bridgehead atoms.